The Balaban J connectivity index is 1.73. The number of hydrogen-bond donors (Lipinski definition) is 1. The second kappa shape index (κ2) is 5.99. The quantitative estimate of drug-likeness (QED) is 0.783. The molecule has 1 amide bonds. The van der Waals surface area contributed by atoms with Crippen molar-refractivity contribution in [3.8, 4) is 0 Å². The number of aromatic nitrogens is 5. The molecule has 0 radical (unpaired) electrons. The fraction of sp³-hybridized carbons (Fsp3) is 0.353. The number of pyridine rings is 2. The summed E-state index contributed by atoms with van der Waals surface area (Å²) in [5.74, 6) is 1.45. The number of hydrogen-bond acceptors (Lipinski definition) is 5. The normalized spacial score (nSPS) is 18.0. The highest BCUT2D eigenvalue weighted by Gasteiger charge is 2.32. The number of aryl methyl sites for hydroxylation is 1. The number of H-pyrrole nitrogens is 1. The van der Waals surface area contributed by atoms with Crippen molar-refractivity contribution in [2.24, 2.45) is 0 Å². The Labute approximate surface area is 139 Å². The maximum Gasteiger partial charge on any atom is 0.255 e. The summed E-state index contributed by atoms with van der Waals surface area (Å²) in [7, 11) is 0. The molecule has 1 saturated heterocycles. The Bertz CT molecular complexity index is 884. The van der Waals surface area contributed by atoms with Crippen molar-refractivity contribution in [2.75, 3.05) is 6.54 Å². The minimum Gasteiger partial charge on any atom is -0.328 e. The molecule has 0 aliphatic carbocycles. The van der Waals surface area contributed by atoms with Crippen molar-refractivity contribution in [3.05, 3.63) is 47.9 Å². The van der Waals surface area contributed by atoms with Crippen molar-refractivity contribution in [3.63, 3.8) is 0 Å². The Morgan fingerprint density at radius 1 is 1.29 bits per heavy atom. The van der Waals surface area contributed by atoms with Crippen LogP contribution in [0.4, 0.5) is 0 Å². The summed E-state index contributed by atoms with van der Waals surface area (Å²) in [6, 6.07) is 3.50. The van der Waals surface area contributed by atoms with Gasteiger partial charge in [0.2, 0.25) is 0 Å². The van der Waals surface area contributed by atoms with E-state index in [1.807, 2.05) is 17.9 Å². The van der Waals surface area contributed by atoms with Crippen LogP contribution in [-0.2, 0) is 0 Å². The number of likely N-dealkylation sites (tertiary alicyclic amines) is 1. The van der Waals surface area contributed by atoms with Gasteiger partial charge in [-0.3, -0.25) is 19.9 Å². The minimum absolute atomic E-state index is 0.0115. The molecule has 1 atom stereocenters. The summed E-state index contributed by atoms with van der Waals surface area (Å²) in [6.07, 6.45) is 8.00. The topological polar surface area (TPSA) is 87.7 Å². The summed E-state index contributed by atoms with van der Waals surface area (Å²) >= 11 is 0. The first-order chi connectivity index (χ1) is 11.7. The first-order valence-electron chi connectivity index (χ1n) is 8.12. The first kappa shape index (κ1) is 14.7. The van der Waals surface area contributed by atoms with Gasteiger partial charge in [-0.1, -0.05) is 0 Å². The van der Waals surface area contributed by atoms with E-state index in [-0.39, 0.29) is 11.9 Å². The number of fused-ring (bicyclic) bond motifs is 1. The van der Waals surface area contributed by atoms with Crippen LogP contribution in [0.3, 0.4) is 0 Å². The molecule has 1 N–H and O–H groups in total. The highest BCUT2D eigenvalue weighted by Crippen LogP contribution is 2.31. The molecule has 122 valence electrons. The van der Waals surface area contributed by atoms with Crippen LogP contribution in [-0.4, -0.2) is 42.5 Å². The van der Waals surface area contributed by atoms with Crippen LogP contribution in [0.1, 0.15) is 47.3 Å². The average Bonchev–Trinajstić information content (AvgIpc) is 3.07. The van der Waals surface area contributed by atoms with Crippen LogP contribution in [0.5, 0.6) is 0 Å². The van der Waals surface area contributed by atoms with E-state index >= 15 is 0 Å². The molecule has 4 rings (SSSR count). The lowest BCUT2D eigenvalue weighted by Crippen LogP contribution is -2.39. The van der Waals surface area contributed by atoms with E-state index in [1.54, 1.807) is 24.7 Å². The fourth-order valence-corrected chi connectivity index (χ4v) is 3.28. The van der Waals surface area contributed by atoms with E-state index in [9.17, 15) is 4.79 Å². The molecule has 24 heavy (non-hydrogen) atoms. The molecule has 1 aliphatic rings. The minimum atomic E-state index is -0.0870. The van der Waals surface area contributed by atoms with Crippen molar-refractivity contribution >= 4 is 16.8 Å². The number of nitrogens with one attached hydrogen (secondary N) is 1. The molecule has 3 aromatic rings. The van der Waals surface area contributed by atoms with E-state index in [0.717, 1.165) is 36.0 Å². The van der Waals surface area contributed by atoms with Gasteiger partial charge in [0.05, 0.1) is 17.1 Å². The van der Waals surface area contributed by atoms with Crippen molar-refractivity contribution < 1.29 is 4.79 Å². The third-order valence-electron chi connectivity index (χ3n) is 4.45. The summed E-state index contributed by atoms with van der Waals surface area (Å²) in [5, 5.41) is 7.93. The molecule has 0 bridgehead atoms. The Hall–Kier alpha value is -2.83. The van der Waals surface area contributed by atoms with E-state index in [4.69, 9.17) is 0 Å². The predicted molar refractivity (Wildman–Crippen MR) is 88.3 cm³/mol. The molecule has 0 saturated carbocycles. The molecule has 1 fully saturated rings. The standard InChI is InChI=1S/C17H18N6O/c1-11-20-16(22-21-11)15-4-2-3-9-23(15)17(24)12-5-8-19-14-6-7-18-10-13(12)14/h5-8,10,15H,2-4,9H2,1H3,(H,20,21,22)/t15-/m0/s1. The van der Waals surface area contributed by atoms with Gasteiger partial charge in [-0.25, -0.2) is 4.98 Å². The van der Waals surface area contributed by atoms with Gasteiger partial charge in [-0.05, 0) is 38.3 Å². The lowest BCUT2D eigenvalue weighted by Gasteiger charge is -2.34. The van der Waals surface area contributed by atoms with E-state index in [1.165, 1.54) is 0 Å². The Morgan fingerprint density at radius 2 is 2.21 bits per heavy atom. The third kappa shape index (κ3) is 2.51. The van der Waals surface area contributed by atoms with Crippen molar-refractivity contribution in [2.45, 2.75) is 32.2 Å². The zero-order chi connectivity index (χ0) is 16.5. The number of rotatable bonds is 2. The second-order valence-corrected chi connectivity index (χ2v) is 6.04. The van der Waals surface area contributed by atoms with E-state index in [2.05, 4.69) is 25.1 Å². The summed E-state index contributed by atoms with van der Waals surface area (Å²) in [5.41, 5.74) is 1.41. The maximum absolute atomic E-state index is 13.2. The molecule has 7 heteroatoms. The summed E-state index contributed by atoms with van der Waals surface area (Å²) < 4.78 is 0. The van der Waals surface area contributed by atoms with Gasteiger partial charge in [0.1, 0.15) is 5.82 Å². The second-order valence-electron chi connectivity index (χ2n) is 6.04. The zero-order valence-electron chi connectivity index (χ0n) is 13.4. The first-order valence-corrected chi connectivity index (χ1v) is 8.12. The number of nitrogens with zero attached hydrogens (tertiary/aromatic N) is 5. The van der Waals surface area contributed by atoms with Crippen LogP contribution in [0.15, 0.2) is 30.7 Å². The molecule has 0 aromatic carbocycles. The Kier molecular flexibility index (Phi) is 3.68. The predicted octanol–water partition coefficient (Wildman–Crippen LogP) is 2.42. The number of aromatic amines is 1. The van der Waals surface area contributed by atoms with Crippen LogP contribution >= 0.6 is 0 Å². The van der Waals surface area contributed by atoms with Gasteiger partial charge in [-0.15, -0.1) is 0 Å². The molecule has 7 nitrogen and oxygen atoms in total. The molecular formula is C17H18N6O. The van der Waals surface area contributed by atoms with Crippen LogP contribution in [0, 0.1) is 6.92 Å². The fourth-order valence-electron chi connectivity index (χ4n) is 3.28. The molecule has 0 unspecified atom stereocenters. The molecule has 3 aromatic heterocycles. The summed E-state index contributed by atoms with van der Waals surface area (Å²) in [4.78, 5) is 28.0. The van der Waals surface area contributed by atoms with Gasteiger partial charge < -0.3 is 4.90 Å². The SMILES string of the molecule is Cc1nc([C@@H]2CCCCN2C(=O)c2ccnc3ccncc23)n[nH]1. The van der Waals surface area contributed by atoms with E-state index in [0.29, 0.717) is 17.9 Å². The lowest BCUT2D eigenvalue weighted by molar-refractivity contribution is 0.0602. The third-order valence-corrected chi connectivity index (χ3v) is 4.45. The van der Waals surface area contributed by atoms with Gasteiger partial charge >= 0.3 is 0 Å². The van der Waals surface area contributed by atoms with E-state index < -0.39 is 0 Å². The molecule has 4 heterocycles. The van der Waals surface area contributed by atoms with Crippen LogP contribution in [0.2, 0.25) is 0 Å². The monoisotopic (exact) mass is 322 g/mol. The van der Waals surface area contributed by atoms with Crippen molar-refractivity contribution in [1.82, 2.24) is 30.0 Å². The van der Waals surface area contributed by atoms with Crippen LogP contribution < -0.4 is 0 Å². The Morgan fingerprint density at radius 3 is 3.04 bits per heavy atom. The maximum atomic E-state index is 13.2. The van der Waals surface area contributed by atoms with Gasteiger partial charge in [0.25, 0.3) is 5.91 Å². The molecule has 0 spiro atoms. The largest absolute Gasteiger partial charge is 0.328 e. The average molecular weight is 322 g/mol. The number of piperidine rings is 1. The number of amides is 1. The lowest BCUT2D eigenvalue weighted by atomic mass is 9.99. The smallest absolute Gasteiger partial charge is 0.255 e. The zero-order valence-corrected chi connectivity index (χ0v) is 13.4. The van der Waals surface area contributed by atoms with Crippen molar-refractivity contribution in [1.29, 1.82) is 0 Å². The molecular weight excluding hydrogens is 304 g/mol. The summed E-state index contributed by atoms with van der Waals surface area (Å²) in [6.45, 7) is 2.58. The highest BCUT2D eigenvalue weighted by molar-refractivity contribution is 6.05. The molecule has 1 aliphatic heterocycles. The number of carbonyl (C=O) groups is 1. The number of carbonyl (C=O) groups excluding carboxylic acids is 1. The van der Waals surface area contributed by atoms with Gasteiger partial charge in [0, 0.05) is 30.5 Å². The highest BCUT2D eigenvalue weighted by atomic mass is 16.2. The van der Waals surface area contributed by atoms with Gasteiger partial charge in [-0.2, -0.15) is 5.10 Å². The van der Waals surface area contributed by atoms with Crippen LogP contribution in [0.25, 0.3) is 10.9 Å². The van der Waals surface area contributed by atoms with Gasteiger partial charge in [0.15, 0.2) is 5.82 Å².